The second-order valence-electron chi connectivity index (χ2n) is 4.68. The number of hydrogen-bond acceptors (Lipinski definition) is 1. The number of nitrogens with zero attached hydrogens (tertiary/aromatic N) is 1. The number of nitrogens with one attached hydrogen (secondary N) is 1. The average molecular weight is 404 g/mol. The molecule has 0 bridgehead atoms. The van der Waals surface area contributed by atoms with Gasteiger partial charge >= 0.3 is 6.03 Å². The number of carbonyl (C=O) groups excluding carboxylic acids is 1. The molecule has 1 fully saturated rings. The van der Waals surface area contributed by atoms with Gasteiger partial charge in [-0.1, -0.05) is 66.8 Å². The normalized spacial score (nSPS) is 14.2. The number of alkyl halides is 1. The van der Waals surface area contributed by atoms with E-state index in [0.29, 0.717) is 0 Å². The summed E-state index contributed by atoms with van der Waals surface area (Å²) in [5, 5.41) is 2.69. The average Bonchev–Trinajstić information content (AvgIpc) is 2.59. The highest BCUT2D eigenvalue weighted by Crippen LogP contribution is 2.21. The third-order valence-corrected chi connectivity index (χ3v) is 3.48. The minimum absolute atomic E-state index is 0.0585. The van der Waals surface area contributed by atoms with E-state index in [-0.39, 0.29) is 6.03 Å². The lowest BCUT2D eigenvalue weighted by Crippen LogP contribution is -2.43. The van der Waals surface area contributed by atoms with Crippen molar-refractivity contribution in [3.8, 4) is 0 Å². The number of likely N-dealkylation sites (tertiary alicyclic amines) is 1. The van der Waals surface area contributed by atoms with Crippen LogP contribution in [0.1, 0.15) is 32.3 Å². The molecule has 0 aromatic heterocycles. The Bertz CT molecular complexity index is 362. The Kier molecular flexibility index (Phi) is 12.4. The fourth-order valence-corrected chi connectivity index (χ4v) is 2.45. The van der Waals surface area contributed by atoms with E-state index in [1.54, 1.807) is 7.05 Å². The molecule has 2 rings (SSSR count). The Labute approximate surface area is 143 Å². The summed E-state index contributed by atoms with van der Waals surface area (Å²) in [6.45, 7) is 5.77. The second-order valence-corrected chi connectivity index (χ2v) is 4.68. The van der Waals surface area contributed by atoms with Crippen LogP contribution in [0.5, 0.6) is 0 Å². The highest BCUT2D eigenvalue weighted by atomic mass is 127. The van der Waals surface area contributed by atoms with Crippen LogP contribution in [0.2, 0.25) is 0 Å². The third-order valence-electron chi connectivity index (χ3n) is 3.48. The van der Waals surface area contributed by atoms with E-state index in [9.17, 15) is 4.79 Å². The van der Waals surface area contributed by atoms with Gasteiger partial charge in [-0.3, -0.25) is 0 Å². The van der Waals surface area contributed by atoms with Gasteiger partial charge in [-0.25, -0.2) is 4.79 Å². The molecular formula is C17H29IN2O. The van der Waals surface area contributed by atoms with Gasteiger partial charge in [0.05, 0.1) is 0 Å². The predicted octanol–water partition coefficient (Wildman–Crippen LogP) is 4.36. The van der Waals surface area contributed by atoms with Crippen LogP contribution < -0.4 is 5.32 Å². The molecule has 0 aliphatic carbocycles. The van der Waals surface area contributed by atoms with Crippen LogP contribution in [0.15, 0.2) is 30.3 Å². The summed E-state index contributed by atoms with van der Waals surface area (Å²) in [5.74, 6) is 0.721. The summed E-state index contributed by atoms with van der Waals surface area (Å²) >= 11 is 2.15. The summed E-state index contributed by atoms with van der Waals surface area (Å²) in [5.41, 5.74) is 1.41. The van der Waals surface area contributed by atoms with E-state index in [0.717, 1.165) is 38.3 Å². The van der Waals surface area contributed by atoms with Crippen molar-refractivity contribution >= 4 is 28.6 Å². The molecule has 0 radical (unpaired) electrons. The first kappa shape index (κ1) is 20.2. The van der Waals surface area contributed by atoms with E-state index in [1.165, 1.54) is 5.56 Å². The summed E-state index contributed by atoms with van der Waals surface area (Å²) in [7, 11) is 1.69. The van der Waals surface area contributed by atoms with Crippen LogP contribution in [-0.4, -0.2) is 36.0 Å². The quantitative estimate of drug-likeness (QED) is 0.577. The molecule has 1 aliphatic rings. The Morgan fingerprint density at radius 1 is 1.19 bits per heavy atom. The second kappa shape index (κ2) is 12.9. The number of piperidine rings is 1. The lowest BCUT2D eigenvalue weighted by Gasteiger charge is -2.31. The van der Waals surface area contributed by atoms with Crippen LogP contribution in [0.25, 0.3) is 0 Å². The van der Waals surface area contributed by atoms with Crippen LogP contribution >= 0.6 is 22.6 Å². The van der Waals surface area contributed by atoms with Gasteiger partial charge in [-0.2, -0.15) is 0 Å². The van der Waals surface area contributed by atoms with Crippen LogP contribution in [0.3, 0.4) is 0 Å². The van der Waals surface area contributed by atoms with Crippen LogP contribution in [-0.2, 0) is 6.42 Å². The number of rotatable bonds is 2. The molecule has 120 valence electrons. The Morgan fingerprint density at radius 2 is 1.71 bits per heavy atom. The molecule has 1 heterocycles. The van der Waals surface area contributed by atoms with Crippen molar-refractivity contribution in [2.45, 2.75) is 33.1 Å². The van der Waals surface area contributed by atoms with Crippen molar-refractivity contribution < 1.29 is 4.79 Å². The number of amides is 2. The topological polar surface area (TPSA) is 32.3 Å². The molecule has 1 aromatic carbocycles. The summed E-state index contributed by atoms with van der Waals surface area (Å²) < 4.78 is 0. The summed E-state index contributed by atoms with van der Waals surface area (Å²) in [6, 6.07) is 10.7. The van der Waals surface area contributed by atoms with Gasteiger partial charge in [-0.05, 0) is 35.7 Å². The van der Waals surface area contributed by atoms with E-state index < -0.39 is 0 Å². The number of hydrogen-bond donors (Lipinski definition) is 1. The molecule has 2 amide bonds. The molecule has 0 spiro atoms. The maximum atomic E-state index is 11.4. The fourth-order valence-electron chi connectivity index (χ4n) is 2.45. The maximum Gasteiger partial charge on any atom is 0.317 e. The molecule has 1 N–H and O–H groups in total. The first-order chi connectivity index (χ1) is 10.3. The lowest BCUT2D eigenvalue weighted by atomic mass is 9.90. The Balaban J connectivity index is 0.000000921. The van der Waals surface area contributed by atoms with Gasteiger partial charge in [0.15, 0.2) is 0 Å². The van der Waals surface area contributed by atoms with Crippen molar-refractivity contribution in [1.82, 2.24) is 10.2 Å². The molecule has 1 aliphatic heterocycles. The molecule has 0 atom stereocenters. The monoisotopic (exact) mass is 404 g/mol. The minimum atomic E-state index is 0.0585. The van der Waals surface area contributed by atoms with E-state index in [1.807, 2.05) is 23.7 Å². The number of benzene rings is 1. The first-order valence-electron chi connectivity index (χ1n) is 7.68. The van der Waals surface area contributed by atoms with Crippen LogP contribution in [0, 0.1) is 5.92 Å². The first-order valence-corrected chi connectivity index (χ1v) is 9.83. The zero-order valence-corrected chi connectivity index (χ0v) is 15.9. The number of halogens is 1. The third kappa shape index (κ3) is 7.69. The molecule has 21 heavy (non-hydrogen) atoms. The standard InChI is InChI=1S/C14H20N2O.C2H6.CH3I/c1-15-14(17)16-9-7-13(8-10-16)11-12-5-3-2-4-6-12;2*1-2/h2-6,13H,7-11H2,1H3,(H,15,17);1-2H3;1H3. The van der Waals surface area contributed by atoms with Crippen molar-refractivity contribution in [1.29, 1.82) is 0 Å². The summed E-state index contributed by atoms with van der Waals surface area (Å²) in [4.78, 5) is 15.3. The molecule has 3 nitrogen and oxygen atoms in total. The highest BCUT2D eigenvalue weighted by molar-refractivity contribution is 14.1. The Morgan fingerprint density at radius 3 is 2.19 bits per heavy atom. The van der Waals surface area contributed by atoms with Gasteiger partial charge in [0.25, 0.3) is 0 Å². The molecule has 1 saturated heterocycles. The van der Waals surface area contributed by atoms with E-state index in [4.69, 9.17) is 0 Å². The predicted molar refractivity (Wildman–Crippen MR) is 100 cm³/mol. The Hall–Kier alpha value is -0.780. The van der Waals surface area contributed by atoms with Gasteiger partial charge in [0.1, 0.15) is 0 Å². The molecular weight excluding hydrogens is 375 g/mol. The fraction of sp³-hybridized carbons (Fsp3) is 0.588. The van der Waals surface area contributed by atoms with Crippen molar-refractivity contribution in [2.24, 2.45) is 5.92 Å². The van der Waals surface area contributed by atoms with Crippen molar-refractivity contribution in [3.05, 3.63) is 35.9 Å². The van der Waals surface area contributed by atoms with E-state index >= 15 is 0 Å². The van der Waals surface area contributed by atoms with Crippen molar-refractivity contribution in [2.75, 3.05) is 25.1 Å². The van der Waals surface area contributed by atoms with Gasteiger partial charge < -0.3 is 10.2 Å². The SMILES string of the molecule is CC.CI.CNC(=O)N1CCC(Cc2ccccc2)CC1. The minimum Gasteiger partial charge on any atom is -0.341 e. The van der Waals surface area contributed by atoms with E-state index in [2.05, 4.69) is 58.2 Å². The van der Waals surface area contributed by atoms with Gasteiger partial charge in [-0.15, -0.1) is 0 Å². The van der Waals surface area contributed by atoms with Crippen molar-refractivity contribution in [3.63, 3.8) is 0 Å². The largest absolute Gasteiger partial charge is 0.341 e. The number of carbonyl (C=O) groups is 1. The summed E-state index contributed by atoms with van der Waals surface area (Å²) in [6.07, 6.45) is 3.37. The molecule has 0 unspecified atom stereocenters. The zero-order chi connectivity index (χ0) is 16.1. The molecule has 4 heteroatoms. The van der Waals surface area contributed by atoms with Crippen LogP contribution in [0.4, 0.5) is 4.79 Å². The smallest absolute Gasteiger partial charge is 0.317 e. The zero-order valence-electron chi connectivity index (χ0n) is 13.7. The lowest BCUT2D eigenvalue weighted by molar-refractivity contribution is 0.172. The molecule has 1 aromatic rings. The van der Waals surface area contributed by atoms with Gasteiger partial charge in [0, 0.05) is 20.1 Å². The maximum absolute atomic E-state index is 11.4. The number of urea groups is 1. The molecule has 0 saturated carbocycles. The van der Waals surface area contributed by atoms with Gasteiger partial charge in [0.2, 0.25) is 0 Å². The highest BCUT2D eigenvalue weighted by Gasteiger charge is 2.21.